The van der Waals surface area contributed by atoms with Gasteiger partial charge in [-0.25, -0.2) is 0 Å². The Hall–Kier alpha value is -1.35. The van der Waals surface area contributed by atoms with Crippen molar-refractivity contribution in [1.82, 2.24) is 0 Å². The summed E-state index contributed by atoms with van der Waals surface area (Å²) in [5, 5.41) is 0. The zero-order chi connectivity index (χ0) is 12.1. The molecule has 17 heavy (non-hydrogen) atoms. The summed E-state index contributed by atoms with van der Waals surface area (Å²) in [6, 6.07) is 16.7. The van der Waals surface area contributed by atoms with Crippen LogP contribution in [0.4, 0.5) is 0 Å². The smallest absolute Gasteiger partial charge is 0.140 e. The molecule has 0 saturated heterocycles. The van der Waals surface area contributed by atoms with Crippen LogP contribution >= 0.6 is 11.8 Å². The standard InChI is InChI=1S/C14H15BOS/c1-16-12-7-8-13(15)14(9-12)17-10-11-5-3-2-4-6-11/h2-9H,10,15H2,1H3. The lowest BCUT2D eigenvalue weighted by atomic mass is 9.96. The van der Waals surface area contributed by atoms with Crippen molar-refractivity contribution in [1.29, 1.82) is 0 Å². The van der Waals surface area contributed by atoms with Crippen LogP contribution in [0.15, 0.2) is 53.4 Å². The van der Waals surface area contributed by atoms with Gasteiger partial charge in [0.05, 0.1) is 7.11 Å². The monoisotopic (exact) mass is 242 g/mol. The first-order valence-corrected chi connectivity index (χ1v) is 6.59. The Kier molecular flexibility index (Phi) is 4.15. The second-order valence-electron chi connectivity index (χ2n) is 3.91. The predicted molar refractivity (Wildman–Crippen MR) is 77.2 cm³/mol. The first-order chi connectivity index (χ1) is 8.29. The van der Waals surface area contributed by atoms with Gasteiger partial charge in [-0.1, -0.05) is 41.9 Å². The number of benzene rings is 2. The van der Waals surface area contributed by atoms with Crippen LogP contribution in [0, 0.1) is 0 Å². The molecule has 0 bridgehead atoms. The highest BCUT2D eigenvalue weighted by Gasteiger charge is 2.02. The minimum atomic E-state index is 0.922. The first-order valence-electron chi connectivity index (χ1n) is 5.61. The molecule has 2 rings (SSSR count). The van der Waals surface area contributed by atoms with Crippen LogP contribution in [0.1, 0.15) is 5.56 Å². The number of thioether (sulfide) groups is 1. The van der Waals surface area contributed by atoms with Crippen LogP contribution in [0.2, 0.25) is 0 Å². The van der Waals surface area contributed by atoms with E-state index in [4.69, 9.17) is 4.74 Å². The highest BCUT2D eigenvalue weighted by atomic mass is 32.2. The second-order valence-corrected chi connectivity index (χ2v) is 4.92. The maximum Gasteiger partial charge on any atom is 0.140 e. The Bertz CT molecular complexity index is 485. The van der Waals surface area contributed by atoms with E-state index in [1.165, 1.54) is 15.9 Å². The van der Waals surface area contributed by atoms with Crippen molar-refractivity contribution >= 4 is 25.1 Å². The van der Waals surface area contributed by atoms with Gasteiger partial charge >= 0.3 is 0 Å². The van der Waals surface area contributed by atoms with Crippen molar-refractivity contribution in [3.63, 3.8) is 0 Å². The van der Waals surface area contributed by atoms with Gasteiger partial charge in [0.1, 0.15) is 13.6 Å². The summed E-state index contributed by atoms with van der Waals surface area (Å²) in [6.45, 7) is 0. The lowest BCUT2D eigenvalue weighted by Gasteiger charge is -2.08. The molecular weight excluding hydrogens is 227 g/mol. The molecule has 0 radical (unpaired) electrons. The molecule has 0 atom stereocenters. The van der Waals surface area contributed by atoms with E-state index >= 15 is 0 Å². The molecule has 86 valence electrons. The Morgan fingerprint density at radius 1 is 1.12 bits per heavy atom. The third-order valence-corrected chi connectivity index (χ3v) is 3.86. The zero-order valence-corrected chi connectivity index (χ0v) is 11.0. The number of hydrogen-bond acceptors (Lipinski definition) is 2. The summed E-state index contributed by atoms with van der Waals surface area (Å²) in [4.78, 5) is 1.29. The van der Waals surface area contributed by atoms with Crippen molar-refractivity contribution in [2.45, 2.75) is 10.6 Å². The summed E-state index contributed by atoms with van der Waals surface area (Å²) in [7, 11) is 3.84. The quantitative estimate of drug-likeness (QED) is 0.600. The minimum absolute atomic E-state index is 0.922. The minimum Gasteiger partial charge on any atom is -0.497 e. The van der Waals surface area contributed by atoms with Gasteiger partial charge in [-0.05, 0) is 17.7 Å². The largest absolute Gasteiger partial charge is 0.497 e. The molecule has 0 unspecified atom stereocenters. The van der Waals surface area contributed by atoms with E-state index in [9.17, 15) is 0 Å². The summed E-state index contributed by atoms with van der Waals surface area (Å²) in [5.74, 6) is 1.92. The molecule has 0 aliphatic heterocycles. The highest BCUT2D eigenvalue weighted by molar-refractivity contribution is 7.98. The third-order valence-electron chi connectivity index (χ3n) is 2.63. The lowest BCUT2D eigenvalue weighted by molar-refractivity contribution is 0.414. The predicted octanol–water partition coefficient (Wildman–Crippen LogP) is 2.25. The van der Waals surface area contributed by atoms with Gasteiger partial charge in [0.25, 0.3) is 0 Å². The SMILES string of the molecule is Bc1ccc(OC)cc1SCc1ccccc1. The topological polar surface area (TPSA) is 9.23 Å². The van der Waals surface area contributed by atoms with Gasteiger partial charge in [-0.2, -0.15) is 0 Å². The summed E-state index contributed by atoms with van der Waals surface area (Å²) < 4.78 is 5.25. The third kappa shape index (κ3) is 3.30. The summed E-state index contributed by atoms with van der Waals surface area (Å²) in [6.07, 6.45) is 0. The van der Waals surface area contributed by atoms with Gasteiger partial charge in [0, 0.05) is 10.6 Å². The molecule has 0 heterocycles. The molecule has 2 aromatic rings. The molecule has 0 spiro atoms. The van der Waals surface area contributed by atoms with Gasteiger partial charge in [0.15, 0.2) is 0 Å². The molecule has 0 amide bonds. The fraction of sp³-hybridized carbons (Fsp3) is 0.143. The van der Waals surface area contributed by atoms with Crippen molar-refractivity contribution in [3.05, 3.63) is 54.1 Å². The van der Waals surface area contributed by atoms with Crippen molar-refractivity contribution in [3.8, 4) is 5.75 Å². The fourth-order valence-electron chi connectivity index (χ4n) is 1.60. The molecule has 0 aliphatic carbocycles. The Labute approximate surface area is 108 Å². The number of methoxy groups -OCH3 is 1. The van der Waals surface area contributed by atoms with Crippen LogP contribution < -0.4 is 10.2 Å². The Morgan fingerprint density at radius 3 is 2.59 bits per heavy atom. The van der Waals surface area contributed by atoms with Crippen LogP contribution in [0.3, 0.4) is 0 Å². The van der Waals surface area contributed by atoms with Gasteiger partial charge in [-0.3, -0.25) is 0 Å². The highest BCUT2D eigenvalue weighted by Crippen LogP contribution is 2.24. The van der Waals surface area contributed by atoms with E-state index in [-0.39, 0.29) is 0 Å². The molecule has 1 nitrogen and oxygen atoms in total. The van der Waals surface area contributed by atoms with E-state index < -0.39 is 0 Å². The zero-order valence-electron chi connectivity index (χ0n) is 10.1. The van der Waals surface area contributed by atoms with Crippen molar-refractivity contribution in [2.75, 3.05) is 7.11 Å². The normalized spacial score (nSPS) is 10.2. The Morgan fingerprint density at radius 2 is 1.88 bits per heavy atom. The lowest BCUT2D eigenvalue weighted by Crippen LogP contribution is -2.05. The Balaban J connectivity index is 2.08. The summed E-state index contributed by atoms with van der Waals surface area (Å²) >= 11 is 1.85. The molecule has 0 aliphatic rings. The van der Waals surface area contributed by atoms with Gasteiger partial charge in [-0.15, -0.1) is 11.8 Å². The molecule has 0 saturated carbocycles. The van der Waals surface area contributed by atoms with E-state index in [0.717, 1.165) is 11.5 Å². The molecule has 0 N–H and O–H groups in total. The molecule has 3 heteroatoms. The summed E-state index contributed by atoms with van der Waals surface area (Å²) in [5.41, 5.74) is 2.64. The molecule has 0 aromatic heterocycles. The van der Waals surface area contributed by atoms with Gasteiger partial charge < -0.3 is 4.74 Å². The first kappa shape index (κ1) is 12.1. The van der Waals surface area contributed by atoms with Crippen molar-refractivity contribution in [2.24, 2.45) is 0 Å². The molecule has 0 fully saturated rings. The van der Waals surface area contributed by atoms with E-state index in [0.29, 0.717) is 0 Å². The van der Waals surface area contributed by atoms with Crippen LogP contribution in [0.5, 0.6) is 5.75 Å². The van der Waals surface area contributed by atoms with E-state index in [1.807, 2.05) is 23.9 Å². The maximum atomic E-state index is 5.25. The van der Waals surface area contributed by atoms with Crippen LogP contribution in [-0.4, -0.2) is 15.0 Å². The second kappa shape index (κ2) is 5.83. The molecule has 2 aromatic carbocycles. The maximum absolute atomic E-state index is 5.25. The average Bonchev–Trinajstić information content (AvgIpc) is 2.39. The fourth-order valence-corrected chi connectivity index (χ4v) is 2.61. The number of rotatable bonds is 4. The number of ether oxygens (including phenoxy) is 1. The van der Waals surface area contributed by atoms with Crippen LogP contribution in [0.25, 0.3) is 0 Å². The van der Waals surface area contributed by atoms with Crippen LogP contribution in [-0.2, 0) is 5.75 Å². The number of hydrogen-bond donors (Lipinski definition) is 0. The van der Waals surface area contributed by atoms with E-state index in [1.54, 1.807) is 7.11 Å². The van der Waals surface area contributed by atoms with Crippen molar-refractivity contribution < 1.29 is 4.74 Å². The molecular formula is C14H15BOS. The van der Waals surface area contributed by atoms with E-state index in [2.05, 4.69) is 44.2 Å². The average molecular weight is 242 g/mol. The van der Waals surface area contributed by atoms with Gasteiger partial charge in [0.2, 0.25) is 0 Å².